The molecule has 0 aromatic heterocycles. The van der Waals surface area contributed by atoms with E-state index < -0.39 is 11.7 Å². The normalized spacial score (nSPS) is 17.9. The Bertz CT molecular complexity index is 339. The molecule has 1 aromatic carbocycles. The summed E-state index contributed by atoms with van der Waals surface area (Å²) in [5.74, 6) is 0. The molecule has 0 saturated carbocycles. The Morgan fingerprint density at radius 1 is 1.06 bits per heavy atom. The third-order valence-electron chi connectivity index (χ3n) is 2.37. The second-order valence-corrected chi connectivity index (χ2v) is 3.57. The van der Waals surface area contributed by atoms with Crippen LogP contribution in [0.3, 0.4) is 0 Å². The van der Waals surface area contributed by atoms with Gasteiger partial charge in [-0.2, -0.15) is 13.2 Å². The zero-order chi connectivity index (χ0) is 11.6. The summed E-state index contributed by atoms with van der Waals surface area (Å²) in [5.41, 5.74) is 0.143. The van der Waals surface area contributed by atoms with Crippen molar-refractivity contribution in [1.82, 2.24) is 0 Å². The van der Waals surface area contributed by atoms with Gasteiger partial charge in [0.05, 0.1) is 18.8 Å². The third-order valence-corrected chi connectivity index (χ3v) is 2.37. The van der Waals surface area contributed by atoms with Crippen LogP contribution in [0.2, 0.25) is 0 Å². The Kier molecular flexibility index (Phi) is 3.16. The largest absolute Gasteiger partial charge is 0.416 e. The van der Waals surface area contributed by atoms with E-state index in [1.54, 1.807) is 0 Å². The topological polar surface area (TPSA) is 18.5 Å². The molecule has 1 heterocycles. The van der Waals surface area contributed by atoms with Crippen molar-refractivity contribution in [2.45, 2.75) is 18.9 Å². The van der Waals surface area contributed by atoms with Crippen LogP contribution >= 0.6 is 0 Å². The highest BCUT2D eigenvalue weighted by Crippen LogP contribution is 2.29. The molecule has 1 aliphatic heterocycles. The van der Waals surface area contributed by atoms with Crippen LogP contribution in [0.5, 0.6) is 0 Å². The van der Waals surface area contributed by atoms with E-state index in [1.165, 1.54) is 12.1 Å². The summed E-state index contributed by atoms with van der Waals surface area (Å²) in [7, 11) is 0. The highest BCUT2D eigenvalue weighted by molar-refractivity contribution is 5.24. The number of benzene rings is 1. The Labute approximate surface area is 91.0 Å². The molecule has 2 rings (SSSR count). The van der Waals surface area contributed by atoms with Gasteiger partial charge < -0.3 is 9.47 Å². The molecule has 1 saturated heterocycles. The van der Waals surface area contributed by atoms with Gasteiger partial charge in [-0.05, 0) is 17.7 Å². The van der Waals surface area contributed by atoms with E-state index in [1.807, 2.05) is 0 Å². The van der Waals surface area contributed by atoms with Gasteiger partial charge in [0.2, 0.25) is 0 Å². The van der Waals surface area contributed by atoms with Crippen LogP contribution in [0.15, 0.2) is 24.3 Å². The lowest BCUT2D eigenvalue weighted by Crippen LogP contribution is -2.11. The molecule has 0 spiro atoms. The van der Waals surface area contributed by atoms with Gasteiger partial charge >= 0.3 is 6.18 Å². The summed E-state index contributed by atoms with van der Waals surface area (Å²) in [6, 6.07) is 5.05. The molecular weight excluding hydrogens is 221 g/mol. The maximum atomic E-state index is 12.3. The average Bonchev–Trinajstić information content (AvgIpc) is 2.70. The summed E-state index contributed by atoms with van der Waals surface area (Å²) in [5, 5.41) is 0. The zero-order valence-corrected chi connectivity index (χ0v) is 8.46. The third kappa shape index (κ3) is 2.74. The highest BCUT2D eigenvalue weighted by Gasteiger charge is 2.30. The smallest absolute Gasteiger partial charge is 0.350 e. The van der Waals surface area contributed by atoms with E-state index in [0.29, 0.717) is 19.6 Å². The molecule has 0 aliphatic carbocycles. The van der Waals surface area contributed by atoms with Crippen LogP contribution in [0, 0.1) is 0 Å². The van der Waals surface area contributed by atoms with Gasteiger partial charge in [-0.1, -0.05) is 12.1 Å². The van der Waals surface area contributed by atoms with E-state index in [9.17, 15) is 13.2 Å². The Morgan fingerprint density at radius 3 is 2.12 bits per heavy atom. The van der Waals surface area contributed by atoms with E-state index >= 15 is 0 Å². The van der Waals surface area contributed by atoms with E-state index in [4.69, 9.17) is 9.47 Å². The monoisotopic (exact) mass is 232 g/mol. The molecule has 0 radical (unpaired) electrons. The first-order valence-corrected chi connectivity index (χ1v) is 4.95. The number of ether oxygens (including phenoxy) is 2. The average molecular weight is 232 g/mol. The minimum Gasteiger partial charge on any atom is -0.350 e. The van der Waals surface area contributed by atoms with Gasteiger partial charge in [0.1, 0.15) is 0 Å². The zero-order valence-electron chi connectivity index (χ0n) is 8.46. The fourth-order valence-corrected chi connectivity index (χ4v) is 1.55. The van der Waals surface area contributed by atoms with Crippen molar-refractivity contribution >= 4 is 0 Å². The number of rotatable bonds is 2. The first-order valence-electron chi connectivity index (χ1n) is 4.95. The summed E-state index contributed by atoms with van der Waals surface area (Å²) in [6.07, 6.45) is -4.12. The maximum Gasteiger partial charge on any atom is 0.416 e. The van der Waals surface area contributed by atoms with Crippen molar-refractivity contribution in [3.63, 3.8) is 0 Å². The molecule has 0 unspecified atom stereocenters. The minimum absolute atomic E-state index is 0.322. The quantitative estimate of drug-likeness (QED) is 0.780. The standard InChI is InChI=1S/C11H11F3O2/c12-11(13,14)9-3-1-8(2-4-9)7-10-15-5-6-16-10/h1-4,10H,5-7H2. The summed E-state index contributed by atoms with van der Waals surface area (Å²) in [4.78, 5) is 0. The molecule has 1 fully saturated rings. The molecule has 0 amide bonds. The van der Waals surface area contributed by atoms with Gasteiger partial charge in [-0.25, -0.2) is 0 Å². The van der Waals surface area contributed by atoms with Crippen molar-refractivity contribution in [2.75, 3.05) is 13.2 Å². The van der Waals surface area contributed by atoms with Gasteiger partial charge in [-0.15, -0.1) is 0 Å². The molecule has 2 nitrogen and oxygen atoms in total. The fraction of sp³-hybridized carbons (Fsp3) is 0.455. The number of halogens is 3. The number of hydrogen-bond donors (Lipinski definition) is 0. The first kappa shape index (κ1) is 11.4. The minimum atomic E-state index is -4.28. The number of alkyl halides is 3. The lowest BCUT2D eigenvalue weighted by Gasteiger charge is -2.10. The van der Waals surface area contributed by atoms with Crippen molar-refractivity contribution in [1.29, 1.82) is 0 Å². The second kappa shape index (κ2) is 4.43. The van der Waals surface area contributed by atoms with Crippen LogP contribution < -0.4 is 0 Å². The lowest BCUT2D eigenvalue weighted by atomic mass is 10.1. The summed E-state index contributed by atoms with van der Waals surface area (Å²) in [6.45, 7) is 1.09. The van der Waals surface area contributed by atoms with Crippen molar-refractivity contribution in [3.8, 4) is 0 Å². The Balaban J connectivity index is 2.01. The summed E-state index contributed by atoms with van der Waals surface area (Å²) >= 11 is 0. The van der Waals surface area contributed by atoms with Crippen molar-refractivity contribution < 1.29 is 22.6 Å². The predicted molar refractivity (Wildman–Crippen MR) is 50.8 cm³/mol. The van der Waals surface area contributed by atoms with Crippen LogP contribution in [0.4, 0.5) is 13.2 Å². The molecular formula is C11H11F3O2. The SMILES string of the molecule is FC(F)(F)c1ccc(CC2OCCO2)cc1. The van der Waals surface area contributed by atoms with Crippen LogP contribution in [-0.2, 0) is 22.1 Å². The molecule has 5 heteroatoms. The van der Waals surface area contributed by atoms with E-state index in [0.717, 1.165) is 17.7 Å². The lowest BCUT2D eigenvalue weighted by molar-refractivity contribution is -0.137. The van der Waals surface area contributed by atoms with Crippen molar-refractivity contribution in [3.05, 3.63) is 35.4 Å². The Hall–Kier alpha value is -1.07. The molecule has 16 heavy (non-hydrogen) atoms. The van der Waals surface area contributed by atoms with Crippen LogP contribution in [0.25, 0.3) is 0 Å². The van der Waals surface area contributed by atoms with E-state index in [2.05, 4.69) is 0 Å². The van der Waals surface area contributed by atoms with Gasteiger partial charge in [0, 0.05) is 6.42 Å². The first-order chi connectivity index (χ1) is 7.55. The fourth-order valence-electron chi connectivity index (χ4n) is 1.55. The number of hydrogen-bond acceptors (Lipinski definition) is 2. The van der Waals surface area contributed by atoms with Gasteiger partial charge in [0.15, 0.2) is 6.29 Å². The predicted octanol–water partition coefficient (Wildman–Crippen LogP) is 2.62. The highest BCUT2D eigenvalue weighted by atomic mass is 19.4. The van der Waals surface area contributed by atoms with Crippen molar-refractivity contribution in [2.24, 2.45) is 0 Å². The summed E-state index contributed by atoms with van der Waals surface area (Å²) < 4.78 is 47.2. The van der Waals surface area contributed by atoms with Gasteiger partial charge in [-0.3, -0.25) is 0 Å². The van der Waals surface area contributed by atoms with E-state index in [-0.39, 0.29) is 6.29 Å². The molecule has 1 aromatic rings. The molecule has 0 N–H and O–H groups in total. The molecule has 0 atom stereocenters. The molecule has 88 valence electrons. The van der Waals surface area contributed by atoms with Crippen LogP contribution in [-0.4, -0.2) is 19.5 Å². The molecule has 1 aliphatic rings. The van der Waals surface area contributed by atoms with Crippen LogP contribution in [0.1, 0.15) is 11.1 Å². The van der Waals surface area contributed by atoms with Gasteiger partial charge in [0.25, 0.3) is 0 Å². The second-order valence-electron chi connectivity index (χ2n) is 3.57. The Morgan fingerprint density at radius 2 is 1.62 bits per heavy atom. The maximum absolute atomic E-state index is 12.3. The molecule has 0 bridgehead atoms.